The van der Waals surface area contributed by atoms with E-state index in [1.165, 1.54) is 0 Å². The van der Waals surface area contributed by atoms with Crippen LogP contribution in [0, 0.1) is 0 Å². The summed E-state index contributed by atoms with van der Waals surface area (Å²) in [6, 6.07) is 17.3. The lowest BCUT2D eigenvalue weighted by Crippen LogP contribution is -2.11. The fourth-order valence-corrected chi connectivity index (χ4v) is 1.55. The molecule has 3 nitrogen and oxygen atoms in total. The Hall–Kier alpha value is -1.84. The van der Waals surface area contributed by atoms with Crippen LogP contribution >= 0.6 is 0 Å². The summed E-state index contributed by atoms with van der Waals surface area (Å²) in [5.74, 6) is 1.61. The van der Waals surface area contributed by atoms with E-state index < -0.39 is 0 Å². The number of rotatable bonds is 4. The molecule has 0 aromatic heterocycles. The second-order valence-corrected chi connectivity index (χ2v) is 3.87. The van der Waals surface area contributed by atoms with Crippen LogP contribution in [-0.4, -0.2) is 17.3 Å². The number of ether oxygens (including phenoxy) is 1. The van der Waals surface area contributed by atoms with Crippen LogP contribution in [0.1, 0.15) is 5.56 Å². The first-order valence-corrected chi connectivity index (χ1v) is 5.46. The number of para-hydroxylation sites is 1. The van der Waals surface area contributed by atoms with E-state index in [1.54, 1.807) is 7.05 Å². The molecule has 3 heteroatoms. The van der Waals surface area contributed by atoms with E-state index in [9.17, 15) is 0 Å². The summed E-state index contributed by atoms with van der Waals surface area (Å²) >= 11 is 0. The molecule has 0 spiro atoms. The maximum Gasteiger partial charge on any atom is 0.127 e. The van der Waals surface area contributed by atoms with Gasteiger partial charge in [-0.3, -0.25) is 0 Å². The third kappa shape index (κ3) is 3.59. The first-order valence-electron chi connectivity index (χ1n) is 5.46. The van der Waals surface area contributed by atoms with Crippen molar-refractivity contribution in [3.8, 4) is 11.5 Å². The zero-order valence-corrected chi connectivity index (χ0v) is 9.71. The maximum atomic E-state index is 9.11. The highest BCUT2D eigenvalue weighted by Crippen LogP contribution is 2.21. The van der Waals surface area contributed by atoms with Gasteiger partial charge < -0.3 is 9.94 Å². The van der Waals surface area contributed by atoms with Crippen molar-refractivity contribution in [3.63, 3.8) is 0 Å². The van der Waals surface area contributed by atoms with Crippen molar-refractivity contribution in [1.82, 2.24) is 5.06 Å². The van der Waals surface area contributed by atoms with Crippen LogP contribution in [-0.2, 0) is 6.54 Å². The Morgan fingerprint density at radius 3 is 2.12 bits per heavy atom. The molecule has 0 radical (unpaired) electrons. The van der Waals surface area contributed by atoms with Crippen molar-refractivity contribution in [3.05, 3.63) is 60.2 Å². The highest BCUT2D eigenvalue weighted by atomic mass is 16.5. The Bertz CT molecular complexity index is 451. The number of benzene rings is 2. The highest BCUT2D eigenvalue weighted by Gasteiger charge is 1.99. The Kier molecular flexibility index (Phi) is 3.75. The topological polar surface area (TPSA) is 32.7 Å². The van der Waals surface area contributed by atoms with E-state index in [4.69, 9.17) is 9.94 Å². The SMILES string of the molecule is CN(O)Cc1ccc(Oc2ccccc2)cc1. The molecule has 0 unspecified atom stereocenters. The van der Waals surface area contributed by atoms with Gasteiger partial charge in [-0.2, -0.15) is 5.06 Å². The molecule has 0 saturated carbocycles. The average Bonchev–Trinajstić information content (AvgIpc) is 2.32. The number of hydroxylamine groups is 2. The Labute approximate surface area is 101 Å². The van der Waals surface area contributed by atoms with Crippen LogP contribution in [0.4, 0.5) is 0 Å². The van der Waals surface area contributed by atoms with E-state index in [2.05, 4.69) is 0 Å². The first kappa shape index (κ1) is 11.6. The zero-order chi connectivity index (χ0) is 12.1. The molecular formula is C14H15NO2. The van der Waals surface area contributed by atoms with Crippen molar-refractivity contribution >= 4 is 0 Å². The lowest BCUT2D eigenvalue weighted by molar-refractivity contribution is -0.0731. The Morgan fingerprint density at radius 1 is 0.941 bits per heavy atom. The van der Waals surface area contributed by atoms with Gasteiger partial charge in [-0.25, -0.2) is 0 Å². The van der Waals surface area contributed by atoms with Gasteiger partial charge in [-0.05, 0) is 29.8 Å². The summed E-state index contributed by atoms with van der Waals surface area (Å²) in [5, 5.41) is 10.3. The van der Waals surface area contributed by atoms with E-state index >= 15 is 0 Å². The zero-order valence-electron chi connectivity index (χ0n) is 9.71. The molecule has 0 aliphatic rings. The summed E-state index contributed by atoms with van der Waals surface area (Å²) in [6.45, 7) is 0.506. The first-order chi connectivity index (χ1) is 8.24. The molecule has 17 heavy (non-hydrogen) atoms. The molecular weight excluding hydrogens is 214 g/mol. The van der Waals surface area contributed by atoms with Crippen molar-refractivity contribution < 1.29 is 9.94 Å². The smallest absolute Gasteiger partial charge is 0.127 e. The largest absolute Gasteiger partial charge is 0.457 e. The van der Waals surface area contributed by atoms with Gasteiger partial charge >= 0.3 is 0 Å². The van der Waals surface area contributed by atoms with E-state index in [1.807, 2.05) is 54.6 Å². The molecule has 2 rings (SSSR count). The predicted octanol–water partition coefficient (Wildman–Crippen LogP) is 3.30. The summed E-state index contributed by atoms with van der Waals surface area (Å²) in [5.41, 5.74) is 1.04. The van der Waals surface area contributed by atoms with Crippen molar-refractivity contribution in [2.45, 2.75) is 6.54 Å². The molecule has 2 aromatic carbocycles. The van der Waals surface area contributed by atoms with Gasteiger partial charge in [0.1, 0.15) is 11.5 Å². The Morgan fingerprint density at radius 2 is 1.53 bits per heavy atom. The van der Waals surface area contributed by atoms with Gasteiger partial charge in [0.15, 0.2) is 0 Å². The minimum atomic E-state index is 0.506. The summed E-state index contributed by atoms with van der Waals surface area (Å²) < 4.78 is 5.66. The van der Waals surface area contributed by atoms with Crippen molar-refractivity contribution in [2.75, 3.05) is 7.05 Å². The van der Waals surface area contributed by atoms with Crippen LogP contribution in [0.3, 0.4) is 0 Å². The molecule has 0 heterocycles. The second kappa shape index (κ2) is 5.48. The van der Waals surface area contributed by atoms with Gasteiger partial charge in [-0.15, -0.1) is 0 Å². The molecule has 88 valence electrons. The standard InChI is InChI=1S/C14H15NO2/c1-15(16)11-12-7-9-14(10-8-12)17-13-5-3-2-4-6-13/h2-10,16H,11H2,1H3. The monoisotopic (exact) mass is 229 g/mol. The van der Waals surface area contributed by atoms with Gasteiger partial charge in [0, 0.05) is 13.6 Å². The fourth-order valence-electron chi connectivity index (χ4n) is 1.55. The fraction of sp³-hybridized carbons (Fsp3) is 0.143. The third-order valence-electron chi connectivity index (χ3n) is 2.31. The van der Waals surface area contributed by atoms with E-state index in [0.717, 1.165) is 22.1 Å². The van der Waals surface area contributed by atoms with Crippen molar-refractivity contribution in [2.24, 2.45) is 0 Å². The summed E-state index contributed by atoms with van der Waals surface area (Å²) in [6.07, 6.45) is 0. The predicted molar refractivity (Wildman–Crippen MR) is 66.2 cm³/mol. The molecule has 1 N–H and O–H groups in total. The minimum Gasteiger partial charge on any atom is -0.457 e. The number of hydrogen-bond acceptors (Lipinski definition) is 3. The molecule has 0 bridgehead atoms. The van der Waals surface area contributed by atoms with Gasteiger partial charge in [-0.1, -0.05) is 30.3 Å². The molecule has 0 atom stereocenters. The summed E-state index contributed by atoms with van der Waals surface area (Å²) in [4.78, 5) is 0. The molecule has 2 aromatic rings. The van der Waals surface area contributed by atoms with Crippen LogP contribution in [0.2, 0.25) is 0 Å². The van der Waals surface area contributed by atoms with Crippen LogP contribution < -0.4 is 4.74 Å². The van der Waals surface area contributed by atoms with Gasteiger partial charge in [0.25, 0.3) is 0 Å². The number of nitrogens with zero attached hydrogens (tertiary/aromatic N) is 1. The number of hydrogen-bond donors (Lipinski definition) is 1. The van der Waals surface area contributed by atoms with E-state index in [0.29, 0.717) is 6.54 Å². The highest BCUT2D eigenvalue weighted by molar-refractivity contribution is 5.32. The molecule has 0 fully saturated rings. The van der Waals surface area contributed by atoms with Crippen LogP contribution in [0.5, 0.6) is 11.5 Å². The molecule has 0 aliphatic heterocycles. The average molecular weight is 229 g/mol. The minimum absolute atomic E-state index is 0.506. The van der Waals surface area contributed by atoms with Gasteiger partial charge in [0.2, 0.25) is 0 Å². The Balaban J connectivity index is 2.03. The molecule has 0 amide bonds. The van der Waals surface area contributed by atoms with Crippen molar-refractivity contribution in [1.29, 1.82) is 0 Å². The van der Waals surface area contributed by atoms with Crippen LogP contribution in [0.15, 0.2) is 54.6 Å². The maximum absolute atomic E-state index is 9.11. The lowest BCUT2D eigenvalue weighted by Gasteiger charge is -2.09. The normalized spacial score (nSPS) is 10.5. The molecule has 0 saturated heterocycles. The summed E-state index contributed by atoms with van der Waals surface area (Å²) in [7, 11) is 1.62. The van der Waals surface area contributed by atoms with Gasteiger partial charge in [0.05, 0.1) is 0 Å². The molecule has 0 aliphatic carbocycles. The third-order valence-corrected chi connectivity index (χ3v) is 2.31. The second-order valence-electron chi connectivity index (χ2n) is 3.87. The van der Waals surface area contributed by atoms with Crippen LogP contribution in [0.25, 0.3) is 0 Å². The quantitative estimate of drug-likeness (QED) is 0.816. The lowest BCUT2D eigenvalue weighted by atomic mass is 10.2. The van der Waals surface area contributed by atoms with E-state index in [-0.39, 0.29) is 0 Å².